The van der Waals surface area contributed by atoms with Crippen molar-refractivity contribution in [3.63, 3.8) is 0 Å². The van der Waals surface area contributed by atoms with Gasteiger partial charge in [0, 0.05) is 11.1 Å². The van der Waals surface area contributed by atoms with Crippen molar-refractivity contribution in [3.05, 3.63) is 60.2 Å². The Morgan fingerprint density at radius 3 is 2.64 bits per heavy atom. The molecule has 3 N–H and O–H groups in total. The highest BCUT2D eigenvalue weighted by atomic mass is 19.4. The molecule has 7 heteroatoms. The molecule has 4 nitrogen and oxygen atoms in total. The van der Waals surface area contributed by atoms with Crippen molar-refractivity contribution in [1.29, 1.82) is 0 Å². The number of phenols is 1. The van der Waals surface area contributed by atoms with Crippen molar-refractivity contribution in [2.45, 2.75) is 6.18 Å². The highest BCUT2D eigenvalue weighted by Gasteiger charge is 2.30. The van der Waals surface area contributed by atoms with Gasteiger partial charge in [0.1, 0.15) is 5.75 Å². The summed E-state index contributed by atoms with van der Waals surface area (Å²) >= 11 is 0. The fourth-order valence-electron chi connectivity index (χ4n) is 2.75. The topological polar surface area (TPSA) is 60.9 Å². The van der Waals surface area contributed by atoms with E-state index in [1.165, 1.54) is 6.07 Å². The molecule has 0 aliphatic rings. The summed E-state index contributed by atoms with van der Waals surface area (Å²) in [6.07, 6.45) is -4.40. The Labute approximate surface area is 139 Å². The fraction of sp³-hybridized carbons (Fsp3) is 0.0556. The fourth-order valence-corrected chi connectivity index (χ4v) is 2.75. The first-order chi connectivity index (χ1) is 11.9. The lowest BCUT2D eigenvalue weighted by Gasteiger charge is -2.07. The van der Waals surface area contributed by atoms with E-state index in [0.717, 1.165) is 28.6 Å². The Kier molecular flexibility index (Phi) is 3.31. The maximum absolute atomic E-state index is 12.8. The van der Waals surface area contributed by atoms with Crippen LogP contribution in [0.4, 0.5) is 24.8 Å². The van der Waals surface area contributed by atoms with E-state index in [2.05, 4.69) is 15.3 Å². The smallest absolute Gasteiger partial charge is 0.416 e. The number of nitrogens with zero attached hydrogens (tertiary/aromatic N) is 1. The summed E-state index contributed by atoms with van der Waals surface area (Å²) < 4.78 is 38.4. The minimum Gasteiger partial charge on any atom is -0.508 e. The third-order valence-corrected chi connectivity index (χ3v) is 3.93. The van der Waals surface area contributed by atoms with Crippen LogP contribution in [0.25, 0.3) is 21.8 Å². The Balaban J connectivity index is 1.74. The quantitative estimate of drug-likeness (QED) is 0.470. The van der Waals surface area contributed by atoms with Crippen LogP contribution in [0.3, 0.4) is 0 Å². The summed E-state index contributed by atoms with van der Waals surface area (Å²) in [7, 11) is 0. The molecule has 25 heavy (non-hydrogen) atoms. The number of imidazole rings is 1. The standard InChI is InChI=1S/C18H12F3N3O/c19-18(20,21)11-4-7-15-16(9-11)24-17(23-15)22-14-3-1-2-10-8-12(25)5-6-13(10)14/h1-9,25H,(H2,22,23,24). The van der Waals surface area contributed by atoms with Crippen LogP contribution in [0.1, 0.15) is 5.56 Å². The van der Waals surface area contributed by atoms with Crippen molar-refractivity contribution >= 4 is 33.4 Å². The third kappa shape index (κ3) is 2.84. The summed E-state index contributed by atoms with van der Waals surface area (Å²) in [5.74, 6) is 0.503. The van der Waals surface area contributed by atoms with Crippen LogP contribution in [0.5, 0.6) is 5.75 Å². The van der Waals surface area contributed by atoms with Gasteiger partial charge in [0.2, 0.25) is 5.95 Å². The minimum atomic E-state index is -4.40. The van der Waals surface area contributed by atoms with Crippen LogP contribution in [0, 0.1) is 0 Å². The zero-order chi connectivity index (χ0) is 17.6. The molecule has 0 aliphatic carbocycles. The normalized spacial score (nSPS) is 12.0. The van der Waals surface area contributed by atoms with Crippen LogP contribution >= 0.6 is 0 Å². The SMILES string of the molecule is Oc1ccc2c(Nc3nc4ccc(C(F)(F)F)cc4[nH]3)cccc2c1. The Bertz CT molecular complexity index is 1090. The summed E-state index contributed by atoms with van der Waals surface area (Å²) in [6, 6.07) is 13.8. The summed E-state index contributed by atoms with van der Waals surface area (Å²) in [5.41, 5.74) is 0.743. The van der Waals surface area contributed by atoms with Crippen molar-refractivity contribution in [1.82, 2.24) is 9.97 Å². The van der Waals surface area contributed by atoms with Gasteiger partial charge >= 0.3 is 6.18 Å². The number of hydrogen-bond acceptors (Lipinski definition) is 3. The lowest BCUT2D eigenvalue weighted by Crippen LogP contribution is -2.04. The van der Waals surface area contributed by atoms with Crippen molar-refractivity contribution < 1.29 is 18.3 Å². The van der Waals surface area contributed by atoms with Gasteiger partial charge in [-0.1, -0.05) is 12.1 Å². The van der Waals surface area contributed by atoms with E-state index in [9.17, 15) is 18.3 Å². The Hall–Kier alpha value is -3.22. The van der Waals surface area contributed by atoms with Gasteiger partial charge in [0.05, 0.1) is 16.6 Å². The molecule has 4 rings (SSSR count). The number of aromatic hydroxyl groups is 1. The molecule has 0 fully saturated rings. The molecule has 0 bridgehead atoms. The molecule has 1 heterocycles. The number of H-pyrrole nitrogens is 1. The van der Waals surface area contributed by atoms with Gasteiger partial charge < -0.3 is 15.4 Å². The molecular weight excluding hydrogens is 331 g/mol. The van der Waals surface area contributed by atoms with E-state index in [1.807, 2.05) is 18.2 Å². The van der Waals surface area contributed by atoms with Crippen molar-refractivity contribution in [2.24, 2.45) is 0 Å². The third-order valence-electron chi connectivity index (χ3n) is 3.93. The Morgan fingerprint density at radius 1 is 1.00 bits per heavy atom. The number of aromatic nitrogens is 2. The highest BCUT2D eigenvalue weighted by Crippen LogP contribution is 2.32. The summed E-state index contributed by atoms with van der Waals surface area (Å²) in [4.78, 5) is 7.13. The molecule has 3 aromatic carbocycles. The van der Waals surface area contributed by atoms with Gasteiger partial charge in [-0.3, -0.25) is 0 Å². The highest BCUT2D eigenvalue weighted by molar-refractivity contribution is 5.96. The number of nitrogens with one attached hydrogen (secondary N) is 2. The number of fused-ring (bicyclic) bond motifs is 2. The summed E-state index contributed by atoms with van der Waals surface area (Å²) in [5, 5.41) is 14.3. The molecular formula is C18H12F3N3O. The second kappa shape index (κ2) is 5.41. The van der Waals surface area contributed by atoms with E-state index in [4.69, 9.17) is 0 Å². The molecule has 0 unspecified atom stereocenters. The summed E-state index contributed by atoms with van der Waals surface area (Å²) in [6.45, 7) is 0. The van der Waals surface area contributed by atoms with Crippen molar-refractivity contribution in [3.8, 4) is 5.75 Å². The van der Waals surface area contributed by atoms with Crippen LogP contribution < -0.4 is 5.32 Å². The van der Waals surface area contributed by atoms with Crippen LogP contribution in [-0.2, 0) is 6.18 Å². The predicted molar refractivity (Wildman–Crippen MR) is 90.0 cm³/mol. The number of alkyl halides is 3. The monoisotopic (exact) mass is 343 g/mol. The average Bonchev–Trinajstić information content (AvgIpc) is 2.95. The molecule has 0 spiro atoms. The van der Waals surface area contributed by atoms with Gasteiger partial charge in [-0.25, -0.2) is 4.98 Å². The molecule has 126 valence electrons. The zero-order valence-corrected chi connectivity index (χ0v) is 12.7. The molecule has 0 amide bonds. The van der Waals surface area contributed by atoms with E-state index in [0.29, 0.717) is 17.0 Å². The van der Waals surface area contributed by atoms with E-state index >= 15 is 0 Å². The van der Waals surface area contributed by atoms with Gasteiger partial charge in [-0.05, 0) is 47.9 Å². The second-order valence-electron chi connectivity index (χ2n) is 5.65. The first-order valence-corrected chi connectivity index (χ1v) is 7.46. The second-order valence-corrected chi connectivity index (χ2v) is 5.65. The van der Waals surface area contributed by atoms with E-state index in [1.54, 1.807) is 18.2 Å². The minimum absolute atomic E-state index is 0.160. The lowest BCUT2D eigenvalue weighted by molar-refractivity contribution is -0.137. The van der Waals surface area contributed by atoms with Crippen LogP contribution in [0.2, 0.25) is 0 Å². The van der Waals surface area contributed by atoms with Gasteiger partial charge in [0.25, 0.3) is 0 Å². The number of anilines is 2. The number of hydrogen-bond donors (Lipinski definition) is 3. The van der Waals surface area contributed by atoms with E-state index < -0.39 is 11.7 Å². The molecule has 0 atom stereocenters. The lowest BCUT2D eigenvalue weighted by atomic mass is 10.1. The predicted octanol–water partition coefficient (Wildman–Crippen LogP) is 5.18. The molecule has 4 aromatic rings. The number of rotatable bonds is 2. The number of benzene rings is 3. The van der Waals surface area contributed by atoms with Gasteiger partial charge in [0.15, 0.2) is 0 Å². The average molecular weight is 343 g/mol. The number of aromatic amines is 1. The zero-order valence-electron chi connectivity index (χ0n) is 12.7. The maximum atomic E-state index is 12.8. The Morgan fingerprint density at radius 2 is 1.84 bits per heavy atom. The van der Waals surface area contributed by atoms with Gasteiger partial charge in [-0.2, -0.15) is 13.2 Å². The molecule has 0 aliphatic heterocycles. The molecule has 0 radical (unpaired) electrons. The van der Waals surface area contributed by atoms with E-state index in [-0.39, 0.29) is 5.75 Å². The number of halogens is 3. The molecule has 1 aromatic heterocycles. The van der Waals surface area contributed by atoms with Crippen molar-refractivity contribution in [2.75, 3.05) is 5.32 Å². The van der Waals surface area contributed by atoms with Crippen LogP contribution in [0.15, 0.2) is 54.6 Å². The molecule has 0 saturated carbocycles. The number of phenolic OH excluding ortho intramolecular Hbond substituents is 1. The molecule has 0 saturated heterocycles. The first kappa shape index (κ1) is 15.3. The van der Waals surface area contributed by atoms with Gasteiger partial charge in [-0.15, -0.1) is 0 Å². The largest absolute Gasteiger partial charge is 0.508 e. The van der Waals surface area contributed by atoms with Crippen LogP contribution in [-0.4, -0.2) is 15.1 Å². The first-order valence-electron chi connectivity index (χ1n) is 7.46. The maximum Gasteiger partial charge on any atom is 0.416 e.